The first-order valence-corrected chi connectivity index (χ1v) is 9.52. The van der Waals surface area contributed by atoms with Crippen molar-refractivity contribution in [3.8, 4) is 0 Å². The molecule has 0 aromatic heterocycles. The molecule has 154 valence electrons. The zero-order chi connectivity index (χ0) is 21.6. The largest absolute Gasteiger partial charge is 0.451 e. The molecule has 2 aromatic rings. The second kappa shape index (κ2) is 9.37. The molecule has 0 saturated carbocycles. The molecule has 0 fully saturated rings. The van der Waals surface area contributed by atoms with Crippen molar-refractivity contribution in [1.82, 2.24) is 5.32 Å². The van der Waals surface area contributed by atoms with Gasteiger partial charge in [0.25, 0.3) is 11.8 Å². The normalized spacial score (nSPS) is 12.0. The molecule has 6 heteroatoms. The van der Waals surface area contributed by atoms with Crippen LogP contribution in [0.5, 0.6) is 0 Å². The standard InChI is InChI=1S/C23H28N2O4/c1-15-7-6-8-17(13-15)22(28)24-14-20(26)29-16(2)21(27)25-19-11-9-18(10-12-19)23(3,4)5/h6-13,16H,14H2,1-5H3,(H,24,28)(H,25,27). The summed E-state index contributed by atoms with van der Waals surface area (Å²) in [5.41, 5.74) is 3.20. The summed E-state index contributed by atoms with van der Waals surface area (Å²) in [7, 11) is 0. The van der Waals surface area contributed by atoms with Gasteiger partial charge in [0.1, 0.15) is 6.54 Å². The molecule has 0 saturated heterocycles. The lowest BCUT2D eigenvalue weighted by Gasteiger charge is -2.19. The van der Waals surface area contributed by atoms with Crippen molar-refractivity contribution in [1.29, 1.82) is 0 Å². The summed E-state index contributed by atoms with van der Waals surface area (Å²) in [6, 6.07) is 14.6. The van der Waals surface area contributed by atoms with E-state index >= 15 is 0 Å². The molecule has 29 heavy (non-hydrogen) atoms. The van der Waals surface area contributed by atoms with Crippen molar-refractivity contribution in [2.24, 2.45) is 0 Å². The molecule has 0 spiro atoms. The van der Waals surface area contributed by atoms with Crippen molar-refractivity contribution in [3.63, 3.8) is 0 Å². The number of hydrogen-bond donors (Lipinski definition) is 2. The van der Waals surface area contributed by atoms with Crippen LogP contribution in [0.3, 0.4) is 0 Å². The third-order valence-corrected chi connectivity index (χ3v) is 4.37. The van der Waals surface area contributed by atoms with Gasteiger partial charge in [0.2, 0.25) is 0 Å². The third-order valence-electron chi connectivity index (χ3n) is 4.37. The predicted octanol–water partition coefficient (Wildman–Crippen LogP) is 3.59. The zero-order valence-electron chi connectivity index (χ0n) is 17.5. The number of rotatable bonds is 6. The molecule has 2 aromatic carbocycles. The van der Waals surface area contributed by atoms with Crippen LogP contribution < -0.4 is 10.6 Å². The van der Waals surface area contributed by atoms with Gasteiger partial charge < -0.3 is 15.4 Å². The van der Waals surface area contributed by atoms with Gasteiger partial charge in [-0.25, -0.2) is 0 Å². The van der Waals surface area contributed by atoms with Crippen LogP contribution in [0, 0.1) is 6.92 Å². The Morgan fingerprint density at radius 1 is 1.03 bits per heavy atom. The van der Waals surface area contributed by atoms with Crippen molar-refractivity contribution in [2.45, 2.75) is 46.1 Å². The van der Waals surface area contributed by atoms with Gasteiger partial charge in [0.05, 0.1) is 0 Å². The minimum Gasteiger partial charge on any atom is -0.451 e. The highest BCUT2D eigenvalue weighted by atomic mass is 16.5. The number of nitrogens with one attached hydrogen (secondary N) is 2. The average molecular weight is 396 g/mol. The van der Waals surface area contributed by atoms with Gasteiger partial charge in [-0.05, 0) is 49.1 Å². The van der Waals surface area contributed by atoms with E-state index in [1.54, 1.807) is 18.2 Å². The maximum absolute atomic E-state index is 12.3. The van der Waals surface area contributed by atoms with Gasteiger partial charge in [-0.1, -0.05) is 50.6 Å². The van der Waals surface area contributed by atoms with Crippen molar-refractivity contribution in [2.75, 3.05) is 11.9 Å². The summed E-state index contributed by atoms with van der Waals surface area (Å²) >= 11 is 0. The topological polar surface area (TPSA) is 84.5 Å². The second-order valence-electron chi connectivity index (χ2n) is 8.00. The van der Waals surface area contributed by atoms with E-state index in [0.29, 0.717) is 11.3 Å². The lowest BCUT2D eigenvalue weighted by atomic mass is 9.87. The van der Waals surface area contributed by atoms with Crippen molar-refractivity contribution in [3.05, 3.63) is 65.2 Å². The molecule has 1 unspecified atom stereocenters. The molecule has 2 N–H and O–H groups in total. The Hall–Kier alpha value is -3.15. The van der Waals surface area contributed by atoms with E-state index < -0.39 is 18.0 Å². The summed E-state index contributed by atoms with van der Waals surface area (Å²) < 4.78 is 5.11. The third kappa shape index (κ3) is 6.75. The highest BCUT2D eigenvalue weighted by Gasteiger charge is 2.19. The Kier molecular flexibility index (Phi) is 7.15. The van der Waals surface area contributed by atoms with Crippen LogP contribution in [0.4, 0.5) is 5.69 Å². The lowest BCUT2D eigenvalue weighted by Crippen LogP contribution is -2.35. The summed E-state index contributed by atoms with van der Waals surface area (Å²) in [6.07, 6.45) is -0.985. The molecule has 0 aliphatic heterocycles. The monoisotopic (exact) mass is 396 g/mol. The van der Waals surface area contributed by atoms with Gasteiger partial charge in [-0.15, -0.1) is 0 Å². The molecule has 2 amide bonds. The SMILES string of the molecule is Cc1cccc(C(=O)NCC(=O)OC(C)C(=O)Nc2ccc(C(C)(C)C)cc2)c1. The number of carbonyl (C=O) groups excluding carboxylic acids is 3. The van der Waals surface area contributed by atoms with Crippen LogP contribution in [0.1, 0.15) is 49.2 Å². The number of anilines is 1. The summed E-state index contributed by atoms with van der Waals surface area (Å²) in [6.45, 7) is 9.38. The smallest absolute Gasteiger partial charge is 0.326 e. The van der Waals surface area contributed by atoms with Crippen LogP contribution in [-0.4, -0.2) is 30.4 Å². The van der Waals surface area contributed by atoms with Crippen LogP contribution in [0.2, 0.25) is 0 Å². The molecular formula is C23H28N2O4. The summed E-state index contributed by atoms with van der Waals surface area (Å²) in [4.78, 5) is 36.3. The quantitative estimate of drug-likeness (QED) is 0.731. The summed E-state index contributed by atoms with van der Waals surface area (Å²) in [5.74, 6) is -1.50. The molecule has 0 aliphatic carbocycles. The van der Waals surface area contributed by atoms with E-state index in [2.05, 4.69) is 31.4 Å². The van der Waals surface area contributed by atoms with Crippen LogP contribution in [-0.2, 0) is 19.7 Å². The summed E-state index contributed by atoms with van der Waals surface area (Å²) in [5, 5.41) is 5.21. The molecule has 0 bridgehead atoms. The Morgan fingerprint density at radius 2 is 1.69 bits per heavy atom. The van der Waals surface area contributed by atoms with Gasteiger partial charge in [-0.3, -0.25) is 14.4 Å². The highest BCUT2D eigenvalue weighted by molar-refractivity contribution is 5.97. The van der Waals surface area contributed by atoms with E-state index in [1.807, 2.05) is 37.3 Å². The average Bonchev–Trinajstić information content (AvgIpc) is 2.65. The molecule has 0 radical (unpaired) electrons. The fourth-order valence-electron chi connectivity index (χ4n) is 2.63. The molecule has 0 aliphatic rings. The van der Waals surface area contributed by atoms with E-state index in [0.717, 1.165) is 11.1 Å². The number of esters is 1. The van der Waals surface area contributed by atoms with E-state index in [-0.39, 0.29) is 17.9 Å². The number of ether oxygens (including phenoxy) is 1. The number of carbonyl (C=O) groups is 3. The van der Waals surface area contributed by atoms with Gasteiger partial charge in [-0.2, -0.15) is 0 Å². The Morgan fingerprint density at radius 3 is 2.28 bits per heavy atom. The first kappa shape index (κ1) is 22.1. The molecule has 2 rings (SSSR count). The van der Waals surface area contributed by atoms with Gasteiger partial charge in [0.15, 0.2) is 6.10 Å². The van der Waals surface area contributed by atoms with Gasteiger partial charge >= 0.3 is 5.97 Å². The fraction of sp³-hybridized carbons (Fsp3) is 0.348. The van der Waals surface area contributed by atoms with E-state index in [1.165, 1.54) is 6.92 Å². The minimum absolute atomic E-state index is 0.0221. The molecule has 0 heterocycles. The number of aryl methyl sites for hydroxylation is 1. The lowest BCUT2D eigenvalue weighted by molar-refractivity contribution is -0.152. The fourth-order valence-corrected chi connectivity index (χ4v) is 2.63. The Labute approximate surface area is 171 Å². The highest BCUT2D eigenvalue weighted by Crippen LogP contribution is 2.23. The predicted molar refractivity (Wildman–Crippen MR) is 113 cm³/mol. The number of benzene rings is 2. The first-order chi connectivity index (χ1) is 13.6. The maximum atomic E-state index is 12.3. The maximum Gasteiger partial charge on any atom is 0.326 e. The first-order valence-electron chi connectivity index (χ1n) is 9.52. The van der Waals surface area contributed by atoms with Crippen molar-refractivity contribution >= 4 is 23.5 Å². The van der Waals surface area contributed by atoms with E-state index in [9.17, 15) is 14.4 Å². The second-order valence-corrected chi connectivity index (χ2v) is 8.00. The Balaban J connectivity index is 1.82. The van der Waals surface area contributed by atoms with Crippen LogP contribution in [0.15, 0.2) is 48.5 Å². The minimum atomic E-state index is -0.985. The molecule has 6 nitrogen and oxygen atoms in total. The van der Waals surface area contributed by atoms with Crippen LogP contribution in [0.25, 0.3) is 0 Å². The Bertz CT molecular complexity index is 882. The van der Waals surface area contributed by atoms with Crippen molar-refractivity contribution < 1.29 is 19.1 Å². The van der Waals surface area contributed by atoms with Gasteiger partial charge in [0, 0.05) is 11.3 Å². The van der Waals surface area contributed by atoms with Crippen LogP contribution >= 0.6 is 0 Å². The number of amides is 2. The number of hydrogen-bond acceptors (Lipinski definition) is 4. The zero-order valence-corrected chi connectivity index (χ0v) is 17.5. The van der Waals surface area contributed by atoms with E-state index in [4.69, 9.17) is 4.74 Å². The molecular weight excluding hydrogens is 368 g/mol. The molecule has 1 atom stereocenters.